The number of aliphatic hydroxyl groups excluding tert-OH is 1. The van der Waals surface area contributed by atoms with Crippen LogP contribution in [0.2, 0.25) is 0 Å². The van der Waals surface area contributed by atoms with Gasteiger partial charge in [-0.25, -0.2) is 0 Å². The van der Waals surface area contributed by atoms with Crippen molar-refractivity contribution in [1.82, 2.24) is 9.88 Å². The fourth-order valence-corrected chi connectivity index (χ4v) is 3.47. The van der Waals surface area contributed by atoms with E-state index in [2.05, 4.69) is 4.98 Å². The van der Waals surface area contributed by atoms with Crippen LogP contribution in [0, 0.1) is 0 Å². The zero-order valence-corrected chi connectivity index (χ0v) is 16.9. The number of amides is 1. The number of aromatic nitrogens is 1. The molecule has 8 nitrogen and oxygen atoms in total. The van der Waals surface area contributed by atoms with Crippen molar-refractivity contribution in [3.05, 3.63) is 59.4 Å². The van der Waals surface area contributed by atoms with Crippen molar-refractivity contribution in [2.24, 2.45) is 0 Å². The molecule has 1 aromatic heterocycles. The van der Waals surface area contributed by atoms with Crippen molar-refractivity contribution >= 4 is 17.4 Å². The van der Waals surface area contributed by atoms with Gasteiger partial charge >= 0.3 is 0 Å². The van der Waals surface area contributed by atoms with Gasteiger partial charge in [-0.05, 0) is 43.2 Å². The normalized spacial score (nSPS) is 18.1. The minimum atomic E-state index is -0.824. The van der Waals surface area contributed by atoms with Gasteiger partial charge in [0.05, 0.1) is 18.2 Å². The van der Waals surface area contributed by atoms with Crippen LogP contribution in [0.5, 0.6) is 11.5 Å². The molecule has 1 aromatic carbocycles. The second-order valence-electron chi connectivity index (χ2n) is 6.73. The first kappa shape index (κ1) is 21.3. The molecule has 1 unspecified atom stereocenters. The van der Waals surface area contributed by atoms with Gasteiger partial charge in [0, 0.05) is 38.2 Å². The predicted molar refractivity (Wildman–Crippen MR) is 109 cm³/mol. The van der Waals surface area contributed by atoms with E-state index < -0.39 is 17.7 Å². The Kier molecular flexibility index (Phi) is 6.68. The van der Waals surface area contributed by atoms with Gasteiger partial charge < -0.3 is 24.6 Å². The molecule has 0 saturated carbocycles. The summed E-state index contributed by atoms with van der Waals surface area (Å²) >= 11 is 0. The van der Waals surface area contributed by atoms with Crippen LogP contribution in [0.3, 0.4) is 0 Å². The zero-order valence-electron chi connectivity index (χ0n) is 16.9. The van der Waals surface area contributed by atoms with E-state index in [0.717, 1.165) is 0 Å². The number of pyridine rings is 1. The number of phenolic OH excluding ortho intramolecular Hbond substituents is 1. The largest absolute Gasteiger partial charge is 0.507 e. The monoisotopic (exact) mass is 412 g/mol. The number of hydrogen-bond donors (Lipinski definition) is 2. The number of phenols is 1. The smallest absolute Gasteiger partial charge is 0.295 e. The molecule has 0 spiro atoms. The van der Waals surface area contributed by atoms with Crippen LogP contribution in [0.4, 0.5) is 0 Å². The molecule has 0 bridgehead atoms. The van der Waals surface area contributed by atoms with E-state index in [1.165, 1.54) is 23.4 Å². The van der Waals surface area contributed by atoms with E-state index in [1.54, 1.807) is 38.3 Å². The first-order valence-electron chi connectivity index (χ1n) is 9.63. The Morgan fingerprint density at radius 3 is 2.60 bits per heavy atom. The van der Waals surface area contributed by atoms with E-state index in [4.69, 9.17) is 9.47 Å². The lowest BCUT2D eigenvalue weighted by molar-refractivity contribution is -0.140. The molecule has 0 radical (unpaired) electrons. The highest BCUT2D eigenvalue weighted by atomic mass is 16.5. The van der Waals surface area contributed by atoms with Crippen molar-refractivity contribution in [2.75, 3.05) is 26.9 Å². The van der Waals surface area contributed by atoms with Crippen molar-refractivity contribution in [3.8, 4) is 11.5 Å². The topological polar surface area (TPSA) is 109 Å². The highest BCUT2D eigenvalue weighted by molar-refractivity contribution is 6.46. The summed E-state index contributed by atoms with van der Waals surface area (Å²) in [5.41, 5.74) is 0.911. The number of rotatable bonds is 8. The first-order chi connectivity index (χ1) is 14.5. The number of likely N-dealkylation sites (tertiary alicyclic amines) is 1. The van der Waals surface area contributed by atoms with Gasteiger partial charge in [-0.15, -0.1) is 0 Å². The SMILES string of the molecule is CCOc1cc(C2C(=C(O)c3ccncc3)C(=O)C(=O)N2CCCOC)ccc1O. The molecule has 2 N–H and O–H groups in total. The van der Waals surface area contributed by atoms with Crippen LogP contribution in [0.15, 0.2) is 48.3 Å². The second-order valence-corrected chi connectivity index (χ2v) is 6.73. The molecular formula is C22H24N2O6. The Balaban J connectivity index is 2.14. The number of ketones is 1. The maximum Gasteiger partial charge on any atom is 0.295 e. The van der Waals surface area contributed by atoms with Gasteiger partial charge in [0.1, 0.15) is 5.76 Å². The Morgan fingerprint density at radius 1 is 1.20 bits per heavy atom. The fourth-order valence-electron chi connectivity index (χ4n) is 3.47. The summed E-state index contributed by atoms with van der Waals surface area (Å²) in [7, 11) is 1.56. The van der Waals surface area contributed by atoms with Crippen LogP contribution in [-0.2, 0) is 14.3 Å². The average molecular weight is 412 g/mol. The zero-order chi connectivity index (χ0) is 21.7. The first-order valence-corrected chi connectivity index (χ1v) is 9.63. The van der Waals surface area contributed by atoms with Crippen LogP contribution < -0.4 is 4.74 Å². The second kappa shape index (κ2) is 9.41. The van der Waals surface area contributed by atoms with Gasteiger partial charge in [-0.3, -0.25) is 14.6 Å². The number of carbonyl (C=O) groups excluding carboxylic acids is 2. The average Bonchev–Trinajstić information content (AvgIpc) is 3.01. The molecule has 2 heterocycles. The Labute approximate surface area is 174 Å². The third-order valence-electron chi connectivity index (χ3n) is 4.84. The number of aromatic hydroxyl groups is 1. The van der Waals surface area contributed by atoms with Crippen LogP contribution >= 0.6 is 0 Å². The molecule has 1 fully saturated rings. The van der Waals surface area contributed by atoms with Crippen LogP contribution in [0.25, 0.3) is 5.76 Å². The van der Waals surface area contributed by atoms with Crippen LogP contribution in [0.1, 0.15) is 30.5 Å². The summed E-state index contributed by atoms with van der Waals surface area (Å²) < 4.78 is 10.5. The number of nitrogens with zero attached hydrogens (tertiary/aromatic N) is 2. The van der Waals surface area contributed by atoms with E-state index in [9.17, 15) is 19.8 Å². The third-order valence-corrected chi connectivity index (χ3v) is 4.84. The molecular weight excluding hydrogens is 388 g/mol. The maximum absolute atomic E-state index is 12.9. The number of methoxy groups -OCH3 is 1. The van der Waals surface area contributed by atoms with Crippen molar-refractivity contribution in [3.63, 3.8) is 0 Å². The minimum absolute atomic E-state index is 0.0169. The number of hydrogen-bond acceptors (Lipinski definition) is 7. The lowest BCUT2D eigenvalue weighted by Gasteiger charge is -2.25. The van der Waals surface area contributed by atoms with Gasteiger partial charge in [0.25, 0.3) is 11.7 Å². The molecule has 0 aliphatic carbocycles. The van der Waals surface area contributed by atoms with Crippen LogP contribution in [-0.4, -0.2) is 58.7 Å². The molecule has 1 amide bonds. The lowest BCUT2D eigenvalue weighted by atomic mass is 9.95. The van der Waals surface area contributed by atoms with Crippen molar-refractivity contribution in [1.29, 1.82) is 0 Å². The third kappa shape index (κ3) is 4.13. The highest BCUT2D eigenvalue weighted by Crippen LogP contribution is 2.41. The Bertz CT molecular complexity index is 957. The summed E-state index contributed by atoms with van der Waals surface area (Å²) in [6.45, 7) is 2.80. The number of carbonyl (C=O) groups is 2. The van der Waals surface area contributed by atoms with Gasteiger partial charge in [0.2, 0.25) is 0 Å². The molecule has 30 heavy (non-hydrogen) atoms. The molecule has 1 aliphatic rings. The molecule has 2 aromatic rings. The molecule has 3 rings (SSSR count). The Hall–Kier alpha value is -3.39. The number of aliphatic hydroxyl groups is 1. The number of benzene rings is 1. The maximum atomic E-state index is 12.9. The highest BCUT2D eigenvalue weighted by Gasteiger charge is 2.46. The van der Waals surface area contributed by atoms with E-state index in [0.29, 0.717) is 30.8 Å². The van der Waals surface area contributed by atoms with Gasteiger partial charge in [-0.2, -0.15) is 0 Å². The summed E-state index contributed by atoms with van der Waals surface area (Å²) in [4.78, 5) is 31.0. The summed E-state index contributed by atoms with van der Waals surface area (Å²) in [5, 5.41) is 21.0. The summed E-state index contributed by atoms with van der Waals surface area (Å²) in [5.74, 6) is -1.55. The van der Waals surface area contributed by atoms with Crippen molar-refractivity contribution in [2.45, 2.75) is 19.4 Å². The molecule has 8 heteroatoms. The lowest BCUT2D eigenvalue weighted by Crippen LogP contribution is -2.31. The molecule has 1 aliphatic heterocycles. The summed E-state index contributed by atoms with van der Waals surface area (Å²) in [6, 6.07) is 6.94. The van der Waals surface area contributed by atoms with E-state index in [1.807, 2.05) is 0 Å². The van der Waals surface area contributed by atoms with E-state index in [-0.39, 0.29) is 29.4 Å². The molecule has 1 saturated heterocycles. The minimum Gasteiger partial charge on any atom is -0.507 e. The fraction of sp³-hybridized carbons (Fsp3) is 0.318. The Morgan fingerprint density at radius 2 is 1.93 bits per heavy atom. The van der Waals surface area contributed by atoms with Crippen molar-refractivity contribution < 1.29 is 29.3 Å². The van der Waals surface area contributed by atoms with Gasteiger partial charge in [-0.1, -0.05) is 6.07 Å². The molecule has 1 atom stereocenters. The molecule has 158 valence electrons. The standard InChI is InChI=1S/C22H24N2O6/c1-3-30-17-13-15(5-6-16(17)25)19-18(20(26)14-7-9-23-10-8-14)21(27)22(28)24(19)11-4-12-29-2/h5-10,13,19,25-26H,3-4,11-12H2,1-2H3. The number of ether oxygens (including phenoxy) is 2. The van der Waals surface area contributed by atoms with E-state index >= 15 is 0 Å². The predicted octanol–water partition coefficient (Wildman–Crippen LogP) is 2.64. The number of Topliss-reactive ketones (excluding diaryl/α,β-unsaturated/α-hetero) is 1. The van der Waals surface area contributed by atoms with Gasteiger partial charge in [0.15, 0.2) is 11.5 Å². The quantitative estimate of drug-likeness (QED) is 0.297. The summed E-state index contributed by atoms with van der Waals surface area (Å²) in [6.07, 6.45) is 3.50.